The number of aliphatic hydroxyl groups is 1. The molecule has 158 valence electrons. The zero-order valence-corrected chi connectivity index (χ0v) is 16.9. The van der Waals surface area contributed by atoms with Crippen molar-refractivity contribution in [1.29, 1.82) is 0 Å². The van der Waals surface area contributed by atoms with Crippen molar-refractivity contribution in [3.05, 3.63) is 35.9 Å². The molecular formula is C21H26O8. The van der Waals surface area contributed by atoms with Crippen LogP contribution in [0.15, 0.2) is 30.3 Å². The predicted octanol–water partition coefficient (Wildman–Crippen LogP) is 1.84. The summed E-state index contributed by atoms with van der Waals surface area (Å²) in [6.07, 6.45) is 0.687. The number of fused-ring (bicyclic) bond motifs is 1. The summed E-state index contributed by atoms with van der Waals surface area (Å²) in [5, 5.41) is 10.8. The van der Waals surface area contributed by atoms with Crippen LogP contribution in [0, 0.1) is 0 Å². The number of methoxy groups -OCH3 is 2. The molecule has 2 fully saturated rings. The zero-order valence-electron chi connectivity index (χ0n) is 16.9. The number of rotatable bonds is 5. The van der Waals surface area contributed by atoms with Crippen LogP contribution >= 0.6 is 0 Å². The van der Waals surface area contributed by atoms with Crippen LogP contribution < -0.4 is 4.74 Å². The highest BCUT2D eigenvalue weighted by atomic mass is 16.8. The van der Waals surface area contributed by atoms with Crippen molar-refractivity contribution in [1.82, 2.24) is 0 Å². The Hall–Kier alpha value is -2.42. The normalized spacial score (nSPS) is 30.6. The van der Waals surface area contributed by atoms with E-state index >= 15 is 0 Å². The molecule has 0 unspecified atom stereocenters. The molecule has 0 spiro atoms. The minimum Gasteiger partial charge on any atom is -0.497 e. The molecule has 29 heavy (non-hydrogen) atoms. The number of esters is 2. The monoisotopic (exact) mass is 406 g/mol. The van der Waals surface area contributed by atoms with Gasteiger partial charge in [-0.25, -0.2) is 9.59 Å². The quantitative estimate of drug-likeness (QED) is 0.584. The average molecular weight is 406 g/mol. The molecule has 0 bridgehead atoms. The van der Waals surface area contributed by atoms with Gasteiger partial charge in [-0.1, -0.05) is 12.1 Å². The van der Waals surface area contributed by atoms with Crippen molar-refractivity contribution < 1.29 is 38.4 Å². The summed E-state index contributed by atoms with van der Waals surface area (Å²) in [7, 11) is 2.77. The van der Waals surface area contributed by atoms with E-state index in [0.29, 0.717) is 5.75 Å². The smallest absolute Gasteiger partial charge is 0.338 e. The summed E-state index contributed by atoms with van der Waals surface area (Å²) in [6, 6.07) is 7.15. The first-order chi connectivity index (χ1) is 13.7. The largest absolute Gasteiger partial charge is 0.497 e. The van der Waals surface area contributed by atoms with Gasteiger partial charge >= 0.3 is 11.9 Å². The van der Waals surface area contributed by atoms with Crippen molar-refractivity contribution in [2.45, 2.75) is 56.4 Å². The van der Waals surface area contributed by atoms with Gasteiger partial charge in [-0.3, -0.25) is 0 Å². The SMILES string of the molecule is COC(=O)[C@@]1(O)C[C@@H](OC(=O)/C=C/c2ccc(OC)cc2)[C@@H]2OC(C)(C)O[C@@H]2C1. The third-order valence-corrected chi connectivity index (χ3v) is 5.03. The fraction of sp³-hybridized carbons (Fsp3) is 0.524. The number of hydrogen-bond acceptors (Lipinski definition) is 8. The van der Waals surface area contributed by atoms with E-state index in [9.17, 15) is 14.7 Å². The van der Waals surface area contributed by atoms with Gasteiger partial charge in [0.2, 0.25) is 0 Å². The van der Waals surface area contributed by atoms with Crippen LogP contribution in [0.2, 0.25) is 0 Å². The second-order valence-corrected chi connectivity index (χ2v) is 7.65. The summed E-state index contributed by atoms with van der Waals surface area (Å²) in [6.45, 7) is 3.45. The Morgan fingerprint density at radius 2 is 1.83 bits per heavy atom. The van der Waals surface area contributed by atoms with Crippen LogP contribution in [0.3, 0.4) is 0 Å². The molecule has 1 aromatic carbocycles. The van der Waals surface area contributed by atoms with Gasteiger partial charge in [-0.2, -0.15) is 0 Å². The Balaban J connectivity index is 1.73. The standard InChI is InChI=1S/C21H26O8/c1-20(2)28-16-12-21(24,19(23)26-4)11-15(18(16)29-20)27-17(22)10-7-13-5-8-14(25-3)9-6-13/h5-10,15-16,18,24H,11-12H2,1-4H3/b10-7+/t15-,16-,18+,21-/m1/s1. The van der Waals surface area contributed by atoms with Gasteiger partial charge in [-0.05, 0) is 37.6 Å². The lowest BCUT2D eigenvalue weighted by molar-refractivity contribution is -0.187. The Morgan fingerprint density at radius 3 is 2.45 bits per heavy atom. The van der Waals surface area contributed by atoms with E-state index in [0.717, 1.165) is 5.56 Å². The molecule has 0 amide bonds. The minimum atomic E-state index is -1.82. The molecule has 0 radical (unpaired) electrons. The highest BCUT2D eigenvalue weighted by Gasteiger charge is 2.58. The Kier molecular flexibility index (Phi) is 5.97. The number of carbonyl (C=O) groups is 2. The lowest BCUT2D eigenvalue weighted by Gasteiger charge is -2.39. The van der Waals surface area contributed by atoms with Gasteiger partial charge in [0.1, 0.15) is 18.0 Å². The maximum atomic E-state index is 12.4. The van der Waals surface area contributed by atoms with Crippen molar-refractivity contribution in [2.75, 3.05) is 14.2 Å². The third-order valence-electron chi connectivity index (χ3n) is 5.03. The third kappa shape index (κ3) is 4.77. The summed E-state index contributed by atoms with van der Waals surface area (Å²) >= 11 is 0. The van der Waals surface area contributed by atoms with Crippen LogP contribution in [0.25, 0.3) is 6.08 Å². The molecular weight excluding hydrogens is 380 g/mol. The van der Waals surface area contributed by atoms with E-state index in [4.69, 9.17) is 23.7 Å². The van der Waals surface area contributed by atoms with E-state index in [1.165, 1.54) is 13.2 Å². The fourth-order valence-electron chi connectivity index (χ4n) is 3.73. The number of carbonyl (C=O) groups excluding carboxylic acids is 2. The summed E-state index contributed by atoms with van der Waals surface area (Å²) in [4.78, 5) is 24.5. The molecule has 3 rings (SSSR count). The highest BCUT2D eigenvalue weighted by molar-refractivity contribution is 5.87. The molecule has 0 aromatic heterocycles. The summed E-state index contributed by atoms with van der Waals surface area (Å²) in [5.41, 5.74) is -1.03. The molecule has 1 heterocycles. The summed E-state index contributed by atoms with van der Waals surface area (Å²) < 4.78 is 27.0. The lowest BCUT2D eigenvalue weighted by atomic mass is 9.79. The van der Waals surface area contributed by atoms with Gasteiger partial charge < -0.3 is 28.8 Å². The minimum absolute atomic E-state index is 0.00348. The molecule has 1 aliphatic carbocycles. The average Bonchev–Trinajstić information content (AvgIpc) is 2.99. The Bertz CT molecular complexity index is 784. The maximum absolute atomic E-state index is 12.4. The molecule has 4 atom stereocenters. The fourth-order valence-corrected chi connectivity index (χ4v) is 3.73. The maximum Gasteiger partial charge on any atom is 0.338 e. The first kappa shape index (κ1) is 21.3. The first-order valence-electron chi connectivity index (χ1n) is 9.35. The molecule has 1 N–H and O–H groups in total. The van der Waals surface area contributed by atoms with Crippen LogP contribution in [0.1, 0.15) is 32.3 Å². The van der Waals surface area contributed by atoms with Crippen molar-refractivity contribution >= 4 is 18.0 Å². The topological polar surface area (TPSA) is 101 Å². The number of ether oxygens (including phenoxy) is 5. The molecule has 8 heteroatoms. The van der Waals surface area contributed by atoms with Gasteiger partial charge in [-0.15, -0.1) is 0 Å². The van der Waals surface area contributed by atoms with E-state index in [1.807, 2.05) is 0 Å². The molecule has 1 saturated heterocycles. The lowest BCUT2D eigenvalue weighted by Crippen LogP contribution is -2.56. The van der Waals surface area contributed by atoms with Crippen LogP contribution in [-0.2, 0) is 28.5 Å². The van der Waals surface area contributed by atoms with Gasteiger partial charge in [0.15, 0.2) is 11.4 Å². The van der Waals surface area contributed by atoms with Gasteiger partial charge in [0.05, 0.1) is 20.3 Å². The first-order valence-corrected chi connectivity index (χ1v) is 9.35. The molecule has 1 aliphatic heterocycles. The van der Waals surface area contributed by atoms with Crippen molar-refractivity contribution in [3.63, 3.8) is 0 Å². The zero-order chi connectivity index (χ0) is 21.2. The molecule has 1 saturated carbocycles. The Morgan fingerprint density at radius 1 is 1.14 bits per heavy atom. The molecule has 1 aromatic rings. The van der Waals surface area contributed by atoms with E-state index in [-0.39, 0.29) is 12.8 Å². The second-order valence-electron chi connectivity index (χ2n) is 7.65. The molecule has 8 nitrogen and oxygen atoms in total. The van der Waals surface area contributed by atoms with Crippen molar-refractivity contribution in [3.8, 4) is 5.75 Å². The van der Waals surface area contributed by atoms with E-state index < -0.39 is 41.6 Å². The van der Waals surface area contributed by atoms with Crippen LogP contribution in [0.4, 0.5) is 0 Å². The summed E-state index contributed by atoms with van der Waals surface area (Å²) in [5.74, 6) is -1.62. The highest BCUT2D eigenvalue weighted by Crippen LogP contribution is 2.42. The predicted molar refractivity (Wildman–Crippen MR) is 102 cm³/mol. The second kappa shape index (κ2) is 8.14. The van der Waals surface area contributed by atoms with Crippen LogP contribution in [-0.4, -0.2) is 61.0 Å². The Labute approximate surface area is 169 Å². The van der Waals surface area contributed by atoms with Crippen LogP contribution in [0.5, 0.6) is 5.75 Å². The number of hydrogen-bond donors (Lipinski definition) is 1. The van der Waals surface area contributed by atoms with Crippen molar-refractivity contribution in [2.24, 2.45) is 0 Å². The van der Waals surface area contributed by atoms with E-state index in [2.05, 4.69) is 0 Å². The number of benzene rings is 1. The van der Waals surface area contributed by atoms with Gasteiger partial charge in [0, 0.05) is 18.9 Å². The molecule has 2 aliphatic rings. The van der Waals surface area contributed by atoms with E-state index in [1.54, 1.807) is 51.3 Å². The van der Waals surface area contributed by atoms with Gasteiger partial charge in [0.25, 0.3) is 0 Å².